The van der Waals surface area contributed by atoms with Crippen molar-refractivity contribution >= 4 is 34.8 Å². The summed E-state index contributed by atoms with van der Waals surface area (Å²) >= 11 is 1.30. The second-order valence-electron chi connectivity index (χ2n) is 6.00. The molecular weight excluding hydrogens is 403 g/mol. The number of halogens is 4. The molecule has 0 unspecified atom stereocenters. The van der Waals surface area contributed by atoms with E-state index in [1.165, 1.54) is 23.5 Å². The fourth-order valence-electron chi connectivity index (χ4n) is 2.67. The molecular formula is C17H19ClF3N3O2S. The number of benzene rings is 1. The summed E-state index contributed by atoms with van der Waals surface area (Å²) in [5.74, 6) is -0.215. The number of alkyl halides is 3. The number of carbonyl (C=O) groups is 1. The van der Waals surface area contributed by atoms with E-state index in [4.69, 9.17) is 4.74 Å². The summed E-state index contributed by atoms with van der Waals surface area (Å²) in [7, 11) is 0. The molecule has 0 bridgehead atoms. The van der Waals surface area contributed by atoms with Gasteiger partial charge in [0.25, 0.3) is 0 Å². The van der Waals surface area contributed by atoms with E-state index in [0.717, 1.165) is 22.6 Å². The van der Waals surface area contributed by atoms with Crippen LogP contribution in [0.3, 0.4) is 0 Å². The molecule has 1 aromatic carbocycles. The minimum absolute atomic E-state index is 0. The van der Waals surface area contributed by atoms with Gasteiger partial charge in [-0.1, -0.05) is 12.1 Å². The smallest absolute Gasteiger partial charge is 0.375 e. The van der Waals surface area contributed by atoms with Gasteiger partial charge < -0.3 is 15.4 Å². The molecule has 3 rings (SSSR count). The predicted octanol–water partition coefficient (Wildman–Crippen LogP) is 3.49. The Hall–Kier alpha value is -1.68. The van der Waals surface area contributed by atoms with Crippen molar-refractivity contribution in [2.75, 3.05) is 18.5 Å². The highest BCUT2D eigenvalue weighted by Gasteiger charge is 2.30. The zero-order valence-electron chi connectivity index (χ0n) is 14.4. The van der Waals surface area contributed by atoms with Crippen molar-refractivity contribution in [1.82, 2.24) is 10.3 Å². The highest BCUT2D eigenvalue weighted by atomic mass is 35.5. The van der Waals surface area contributed by atoms with Crippen LogP contribution in [0.5, 0.6) is 0 Å². The molecule has 1 fully saturated rings. The van der Waals surface area contributed by atoms with Crippen molar-refractivity contribution in [3.8, 4) is 0 Å². The first-order valence-corrected chi connectivity index (χ1v) is 8.91. The first-order chi connectivity index (χ1) is 12.3. The molecule has 2 aromatic rings. The Balaban J connectivity index is 0.00000261. The third-order valence-electron chi connectivity index (χ3n) is 4.04. The van der Waals surface area contributed by atoms with Gasteiger partial charge in [0.15, 0.2) is 5.13 Å². The number of thiazole rings is 1. The Bertz CT molecular complexity index is 768. The van der Waals surface area contributed by atoms with Crippen molar-refractivity contribution in [2.45, 2.75) is 31.7 Å². The number of amides is 1. The van der Waals surface area contributed by atoms with E-state index in [-0.39, 0.29) is 24.4 Å². The molecule has 148 valence electrons. The lowest BCUT2D eigenvalue weighted by molar-refractivity contribution is -0.137. The Morgan fingerprint density at radius 1 is 1.37 bits per heavy atom. The van der Waals surface area contributed by atoms with Crippen molar-refractivity contribution in [1.29, 1.82) is 0 Å². The van der Waals surface area contributed by atoms with Gasteiger partial charge >= 0.3 is 6.18 Å². The number of anilines is 1. The number of hydrogen-bond acceptors (Lipinski definition) is 5. The minimum Gasteiger partial charge on any atom is -0.375 e. The largest absolute Gasteiger partial charge is 0.416 e. The van der Waals surface area contributed by atoms with Crippen molar-refractivity contribution in [3.63, 3.8) is 0 Å². The number of aromatic nitrogens is 1. The van der Waals surface area contributed by atoms with Crippen LogP contribution >= 0.6 is 23.7 Å². The van der Waals surface area contributed by atoms with Crippen molar-refractivity contribution in [3.05, 3.63) is 46.5 Å². The summed E-state index contributed by atoms with van der Waals surface area (Å²) in [6, 6.07) is 4.59. The number of rotatable bonds is 4. The lowest BCUT2D eigenvalue weighted by atomic mass is 10.1. The van der Waals surface area contributed by atoms with Crippen LogP contribution in [0.4, 0.5) is 18.3 Å². The Morgan fingerprint density at radius 2 is 2.07 bits per heavy atom. The maximum atomic E-state index is 12.6. The standard InChI is InChI=1S/C17H18F3N3O2S.ClH/c1-10-14(21-6-7-25-10)15(24)23-16-22-9-13(26-16)8-11-2-4-12(5-3-11)17(18,19)20;/h2-5,9-10,14,21H,6-8H2,1H3,(H,22,23,24);1H/t10-,14+;/m1./s1. The van der Waals surface area contributed by atoms with Gasteiger partial charge in [-0.25, -0.2) is 4.98 Å². The monoisotopic (exact) mass is 421 g/mol. The van der Waals surface area contributed by atoms with Crippen molar-refractivity contribution < 1.29 is 22.7 Å². The van der Waals surface area contributed by atoms with Crippen LogP contribution in [-0.4, -0.2) is 36.2 Å². The molecule has 2 N–H and O–H groups in total. The number of morpholine rings is 1. The van der Waals surface area contributed by atoms with Gasteiger partial charge in [0, 0.05) is 24.0 Å². The van der Waals surface area contributed by atoms with E-state index < -0.39 is 17.8 Å². The van der Waals surface area contributed by atoms with E-state index in [1.54, 1.807) is 6.20 Å². The highest BCUT2D eigenvalue weighted by Crippen LogP contribution is 2.30. The molecule has 0 spiro atoms. The van der Waals surface area contributed by atoms with Gasteiger partial charge in [-0.15, -0.1) is 23.7 Å². The molecule has 0 aliphatic carbocycles. The average Bonchev–Trinajstić information content (AvgIpc) is 3.01. The second kappa shape index (κ2) is 9.01. The summed E-state index contributed by atoms with van der Waals surface area (Å²) < 4.78 is 43.2. The molecule has 27 heavy (non-hydrogen) atoms. The Labute approximate surface area is 164 Å². The second-order valence-corrected chi connectivity index (χ2v) is 7.12. The molecule has 2 heterocycles. The van der Waals surface area contributed by atoms with E-state index in [0.29, 0.717) is 24.7 Å². The van der Waals surface area contributed by atoms with E-state index in [9.17, 15) is 18.0 Å². The van der Waals surface area contributed by atoms with E-state index >= 15 is 0 Å². The molecule has 5 nitrogen and oxygen atoms in total. The summed E-state index contributed by atoms with van der Waals surface area (Å²) in [6.45, 7) is 3.01. The third kappa shape index (κ3) is 5.65. The van der Waals surface area contributed by atoms with Gasteiger partial charge in [-0.05, 0) is 24.6 Å². The zero-order valence-corrected chi connectivity index (χ0v) is 16.0. The van der Waals surface area contributed by atoms with Crippen LogP contribution in [0.15, 0.2) is 30.5 Å². The summed E-state index contributed by atoms with van der Waals surface area (Å²) in [4.78, 5) is 17.3. The molecule has 0 saturated carbocycles. The van der Waals surface area contributed by atoms with Gasteiger partial charge in [0.05, 0.1) is 18.3 Å². The molecule has 1 aliphatic rings. The zero-order chi connectivity index (χ0) is 18.7. The molecule has 10 heteroatoms. The summed E-state index contributed by atoms with van der Waals surface area (Å²) in [6.07, 6.45) is -2.50. The van der Waals surface area contributed by atoms with Crippen LogP contribution in [0, 0.1) is 0 Å². The van der Waals surface area contributed by atoms with Crippen LogP contribution in [0.1, 0.15) is 22.9 Å². The topological polar surface area (TPSA) is 63.2 Å². The third-order valence-corrected chi connectivity index (χ3v) is 4.96. The predicted molar refractivity (Wildman–Crippen MR) is 99.4 cm³/mol. The molecule has 1 aliphatic heterocycles. The Morgan fingerprint density at radius 3 is 2.70 bits per heavy atom. The maximum Gasteiger partial charge on any atom is 0.416 e. The molecule has 2 atom stereocenters. The number of hydrogen-bond donors (Lipinski definition) is 2. The van der Waals surface area contributed by atoms with Gasteiger partial charge in [0.2, 0.25) is 5.91 Å². The van der Waals surface area contributed by atoms with Crippen LogP contribution in [0.25, 0.3) is 0 Å². The maximum absolute atomic E-state index is 12.6. The fourth-order valence-corrected chi connectivity index (χ4v) is 3.52. The molecule has 1 aromatic heterocycles. The van der Waals surface area contributed by atoms with Crippen molar-refractivity contribution in [2.24, 2.45) is 0 Å². The van der Waals surface area contributed by atoms with Gasteiger partial charge in [-0.2, -0.15) is 13.2 Å². The molecule has 0 radical (unpaired) electrons. The summed E-state index contributed by atoms with van der Waals surface area (Å²) in [5.41, 5.74) is 0.0744. The van der Waals surface area contributed by atoms with E-state index in [1.807, 2.05) is 6.92 Å². The van der Waals surface area contributed by atoms with Crippen LogP contribution in [0.2, 0.25) is 0 Å². The first-order valence-electron chi connectivity index (χ1n) is 8.09. The van der Waals surface area contributed by atoms with Crippen LogP contribution in [-0.2, 0) is 22.1 Å². The lowest BCUT2D eigenvalue weighted by Gasteiger charge is -2.28. The van der Waals surface area contributed by atoms with E-state index in [2.05, 4.69) is 15.6 Å². The SMILES string of the molecule is C[C@H]1OCCN[C@@H]1C(=O)Nc1ncc(Cc2ccc(C(F)(F)F)cc2)s1.Cl. The fraction of sp³-hybridized carbons (Fsp3) is 0.412. The highest BCUT2D eigenvalue weighted by molar-refractivity contribution is 7.15. The molecule has 1 amide bonds. The normalized spacial score (nSPS) is 20.0. The minimum atomic E-state index is -4.34. The molecule has 1 saturated heterocycles. The first kappa shape index (κ1) is 21.6. The number of nitrogens with zero attached hydrogens (tertiary/aromatic N) is 1. The number of nitrogens with one attached hydrogen (secondary N) is 2. The van der Waals surface area contributed by atoms with Gasteiger partial charge in [-0.3, -0.25) is 4.79 Å². The number of carbonyl (C=O) groups excluding carboxylic acids is 1. The van der Waals surface area contributed by atoms with Crippen LogP contribution < -0.4 is 10.6 Å². The Kier molecular flexibility index (Phi) is 7.21. The summed E-state index contributed by atoms with van der Waals surface area (Å²) in [5, 5.41) is 6.31. The van der Waals surface area contributed by atoms with Gasteiger partial charge in [0.1, 0.15) is 6.04 Å². The quantitative estimate of drug-likeness (QED) is 0.793. The average molecular weight is 422 g/mol. The number of ether oxygens (including phenoxy) is 1. The lowest BCUT2D eigenvalue weighted by Crippen LogP contribution is -2.53.